The van der Waals surface area contributed by atoms with Gasteiger partial charge in [-0.3, -0.25) is 0 Å². The predicted octanol–water partition coefficient (Wildman–Crippen LogP) is 3.10. The topological polar surface area (TPSA) is 18.5 Å². The lowest BCUT2D eigenvalue weighted by Gasteiger charge is -2.10. The molecule has 0 spiro atoms. The summed E-state index contributed by atoms with van der Waals surface area (Å²) in [5.74, 6) is 1.54. The van der Waals surface area contributed by atoms with Gasteiger partial charge < -0.3 is 9.47 Å². The molecular weight excluding hydrogens is 211 g/mol. The summed E-state index contributed by atoms with van der Waals surface area (Å²) in [6.45, 7) is 0. The molecule has 0 heterocycles. The third-order valence-electron chi connectivity index (χ3n) is 1.71. The van der Waals surface area contributed by atoms with Crippen LogP contribution in [0.2, 0.25) is 5.02 Å². The van der Waals surface area contributed by atoms with Crippen LogP contribution in [-0.4, -0.2) is 14.2 Å². The van der Waals surface area contributed by atoms with E-state index in [0.717, 1.165) is 5.56 Å². The van der Waals surface area contributed by atoms with Gasteiger partial charge >= 0.3 is 0 Å². The van der Waals surface area contributed by atoms with E-state index in [1.165, 1.54) is 0 Å². The average Bonchev–Trinajstić information content (AvgIpc) is 2.17. The summed E-state index contributed by atoms with van der Waals surface area (Å²) in [5.41, 5.74) is 0.856. The predicted molar refractivity (Wildman–Crippen MR) is 54.1 cm³/mol. The summed E-state index contributed by atoms with van der Waals surface area (Å²) in [6, 6.07) is 3.60. The molecule has 1 rings (SSSR count). The Morgan fingerprint density at radius 2 is 1.92 bits per heavy atom. The second-order valence-corrected chi connectivity index (χ2v) is 3.05. The van der Waals surface area contributed by atoms with Crippen LogP contribution in [0, 0.1) is 0 Å². The number of hydrogen-bond acceptors (Lipinski definition) is 2. The highest BCUT2D eigenvalue weighted by atomic mass is 35.5. The fraction of sp³-hybridized carbons (Fsp3) is 0.333. The molecule has 0 aliphatic heterocycles. The van der Waals surface area contributed by atoms with E-state index < -0.39 is 0 Å². The summed E-state index contributed by atoms with van der Waals surface area (Å²) < 4.78 is 10.1. The summed E-state index contributed by atoms with van der Waals surface area (Å²) in [4.78, 5) is 0. The molecule has 0 atom stereocenters. The van der Waals surface area contributed by atoms with Gasteiger partial charge in [0.2, 0.25) is 0 Å². The maximum atomic E-state index is 5.98. The van der Waals surface area contributed by atoms with Crippen molar-refractivity contribution in [1.82, 2.24) is 0 Å². The lowest BCUT2D eigenvalue weighted by molar-refractivity contribution is 0.392. The number of halogens is 2. The second-order valence-electron chi connectivity index (χ2n) is 2.41. The number of hydrogen-bond donors (Lipinski definition) is 0. The molecule has 0 bridgehead atoms. The van der Waals surface area contributed by atoms with E-state index in [9.17, 15) is 0 Å². The van der Waals surface area contributed by atoms with E-state index in [4.69, 9.17) is 32.7 Å². The van der Waals surface area contributed by atoms with Gasteiger partial charge in [0.05, 0.1) is 20.1 Å². The Morgan fingerprint density at radius 3 is 2.38 bits per heavy atom. The number of rotatable bonds is 3. The first kappa shape index (κ1) is 10.5. The lowest BCUT2D eigenvalue weighted by atomic mass is 10.2. The smallest absolute Gasteiger partial charge is 0.145 e. The molecule has 1 aromatic carbocycles. The molecular formula is C9H10Cl2O2. The van der Waals surface area contributed by atoms with Crippen LogP contribution in [0.25, 0.3) is 0 Å². The average molecular weight is 221 g/mol. The number of methoxy groups -OCH3 is 2. The van der Waals surface area contributed by atoms with Crippen molar-refractivity contribution >= 4 is 23.2 Å². The summed E-state index contributed by atoms with van der Waals surface area (Å²) >= 11 is 11.7. The molecule has 0 fully saturated rings. The van der Waals surface area contributed by atoms with Crippen LogP contribution in [0.3, 0.4) is 0 Å². The molecule has 72 valence electrons. The minimum atomic E-state index is 0.368. The van der Waals surface area contributed by atoms with Crippen molar-refractivity contribution in [3.8, 4) is 11.5 Å². The van der Waals surface area contributed by atoms with Gasteiger partial charge in [0.25, 0.3) is 0 Å². The number of benzene rings is 1. The minimum absolute atomic E-state index is 0.368. The molecule has 0 aromatic heterocycles. The van der Waals surface area contributed by atoms with Gasteiger partial charge in [-0.15, -0.1) is 11.6 Å². The first-order valence-electron chi connectivity index (χ1n) is 3.70. The Balaban J connectivity index is 3.23. The van der Waals surface area contributed by atoms with E-state index in [2.05, 4.69) is 0 Å². The van der Waals surface area contributed by atoms with Gasteiger partial charge in [-0.1, -0.05) is 17.7 Å². The number of ether oxygens (including phenoxy) is 2. The quantitative estimate of drug-likeness (QED) is 0.730. The molecule has 0 amide bonds. The third-order valence-corrected chi connectivity index (χ3v) is 2.36. The van der Waals surface area contributed by atoms with Gasteiger partial charge in [0, 0.05) is 5.56 Å². The molecule has 1 aromatic rings. The minimum Gasteiger partial charge on any atom is -0.495 e. The van der Waals surface area contributed by atoms with Crippen molar-refractivity contribution in [2.24, 2.45) is 0 Å². The SMILES string of the molecule is COc1ccc(CCl)c(OC)c1Cl. The van der Waals surface area contributed by atoms with E-state index in [-0.39, 0.29) is 0 Å². The van der Waals surface area contributed by atoms with Crippen LogP contribution in [0.5, 0.6) is 11.5 Å². The Hall–Kier alpha value is -0.600. The van der Waals surface area contributed by atoms with E-state index in [0.29, 0.717) is 22.4 Å². The van der Waals surface area contributed by atoms with Crippen molar-refractivity contribution in [1.29, 1.82) is 0 Å². The Labute approximate surface area is 87.4 Å². The van der Waals surface area contributed by atoms with Gasteiger partial charge in [-0.2, -0.15) is 0 Å². The van der Waals surface area contributed by atoms with Crippen molar-refractivity contribution in [2.45, 2.75) is 5.88 Å². The molecule has 4 heteroatoms. The first-order valence-corrected chi connectivity index (χ1v) is 4.61. The Morgan fingerprint density at radius 1 is 1.23 bits per heavy atom. The van der Waals surface area contributed by atoms with Gasteiger partial charge in [-0.05, 0) is 6.07 Å². The van der Waals surface area contributed by atoms with Gasteiger partial charge in [0.15, 0.2) is 0 Å². The van der Waals surface area contributed by atoms with Crippen LogP contribution in [0.15, 0.2) is 12.1 Å². The summed E-state index contributed by atoms with van der Waals surface area (Å²) in [7, 11) is 3.11. The fourth-order valence-corrected chi connectivity index (χ4v) is 1.61. The zero-order chi connectivity index (χ0) is 9.84. The number of alkyl halides is 1. The molecule has 2 nitrogen and oxygen atoms in total. The highest BCUT2D eigenvalue weighted by Crippen LogP contribution is 2.37. The zero-order valence-corrected chi connectivity index (χ0v) is 8.95. The summed E-state index contributed by atoms with van der Waals surface area (Å²) in [5, 5.41) is 0.461. The van der Waals surface area contributed by atoms with E-state index in [1.54, 1.807) is 20.3 Å². The molecule has 0 N–H and O–H groups in total. The summed E-state index contributed by atoms with van der Waals surface area (Å²) in [6.07, 6.45) is 0. The second kappa shape index (κ2) is 4.58. The van der Waals surface area contributed by atoms with Crippen LogP contribution in [-0.2, 0) is 5.88 Å². The van der Waals surface area contributed by atoms with Gasteiger partial charge in [-0.25, -0.2) is 0 Å². The van der Waals surface area contributed by atoms with Crippen LogP contribution in [0.1, 0.15) is 5.56 Å². The van der Waals surface area contributed by atoms with Crippen molar-refractivity contribution in [3.63, 3.8) is 0 Å². The van der Waals surface area contributed by atoms with Crippen LogP contribution >= 0.6 is 23.2 Å². The van der Waals surface area contributed by atoms with Crippen LogP contribution in [0.4, 0.5) is 0 Å². The molecule has 0 aliphatic rings. The Kier molecular flexibility index (Phi) is 3.70. The standard InChI is InChI=1S/C9H10Cl2O2/c1-12-7-4-3-6(5-10)9(13-2)8(7)11/h3-4H,5H2,1-2H3. The first-order chi connectivity index (χ1) is 6.24. The van der Waals surface area contributed by atoms with Crippen molar-refractivity contribution < 1.29 is 9.47 Å². The largest absolute Gasteiger partial charge is 0.495 e. The van der Waals surface area contributed by atoms with Gasteiger partial charge in [0.1, 0.15) is 16.5 Å². The molecule has 0 radical (unpaired) electrons. The highest BCUT2D eigenvalue weighted by Gasteiger charge is 2.11. The zero-order valence-electron chi connectivity index (χ0n) is 7.43. The molecule has 0 unspecified atom stereocenters. The Bertz CT molecular complexity index is 300. The molecule has 13 heavy (non-hydrogen) atoms. The van der Waals surface area contributed by atoms with E-state index in [1.807, 2.05) is 6.07 Å². The fourth-order valence-electron chi connectivity index (χ4n) is 1.06. The molecule has 0 aliphatic carbocycles. The lowest BCUT2D eigenvalue weighted by Crippen LogP contribution is -1.93. The monoisotopic (exact) mass is 220 g/mol. The van der Waals surface area contributed by atoms with Crippen LogP contribution < -0.4 is 9.47 Å². The highest BCUT2D eigenvalue weighted by molar-refractivity contribution is 6.33. The molecule has 0 saturated carbocycles. The van der Waals surface area contributed by atoms with Crippen molar-refractivity contribution in [3.05, 3.63) is 22.7 Å². The maximum Gasteiger partial charge on any atom is 0.145 e. The van der Waals surface area contributed by atoms with E-state index >= 15 is 0 Å². The maximum absolute atomic E-state index is 5.98. The third kappa shape index (κ3) is 2.01. The molecule has 0 saturated heterocycles. The normalized spacial score (nSPS) is 9.85. The van der Waals surface area contributed by atoms with Crippen molar-refractivity contribution in [2.75, 3.05) is 14.2 Å².